The van der Waals surface area contributed by atoms with E-state index in [0.29, 0.717) is 31.3 Å². The summed E-state index contributed by atoms with van der Waals surface area (Å²) in [5, 5.41) is 0. The number of carbonyl (C=O) groups is 1. The fraction of sp³-hybridized carbons (Fsp3) is 0.650. The number of likely N-dealkylation sites (tertiary alicyclic amines) is 1. The van der Waals surface area contributed by atoms with Crippen LogP contribution < -0.4 is 0 Å². The molecule has 1 atom stereocenters. The highest BCUT2D eigenvalue weighted by molar-refractivity contribution is 7.89. The average Bonchev–Trinajstić information content (AvgIpc) is 2.68. The molecule has 0 aromatic heterocycles. The van der Waals surface area contributed by atoms with Gasteiger partial charge in [0.15, 0.2) is 0 Å². The van der Waals surface area contributed by atoms with Gasteiger partial charge in [0, 0.05) is 25.7 Å². The minimum atomic E-state index is -3.52. The molecule has 2 heterocycles. The number of ether oxygens (including phenoxy) is 1. The number of sulfonamides is 1. The van der Waals surface area contributed by atoms with Gasteiger partial charge < -0.3 is 9.64 Å². The number of carbonyl (C=O) groups excluding carboxylic acids is 1. The number of piperidine rings is 2. The minimum Gasteiger partial charge on any atom is -0.462 e. The van der Waals surface area contributed by atoms with Gasteiger partial charge in [-0.2, -0.15) is 4.31 Å². The number of esters is 1. The summed E-state index contributed by atoms with van der Waals surface area (Å²) in [6, 6.07) is 6.53. The van der Waals surface area contributed by atoms with Crippen molar-refractivity contribution in [1.29, 1.82) is 0 Å². The average molecular weight is 395 g/mol. The highest BCUT2D eigenvalue weighted by Gasteiger charge is 2.32. The number of hydrogen-bond donors (Lipinski definition) is 0. The second-order valence-corrected chi connectivity index (χ2v) is 9.56. The van der Waals surface area contributed by atoms with Crippen LogP contribution in [-0.4, -0.2) is 62.4 Å². The fourth-order valence-corrected chi connectivity index (χ4v) is 5.60. The molecule has 0 amide bonds. The summed E-state index contributed by atoms with van der Waals surface area (Å²) in [5.41, 5.74) is 0.369. The highest BCUT2D eigenvalue weighted by atomic mass is 32.2. The Morgan fingerprint density at radius 3 is 2.37 bits per heavy atom. The molecule has 0 unspecified atom stereocenters. The Bertz CT molecular complexity index is 740. The van der Waals surface area contributed by atoms with Crippen molar-refractivity contribution in [1.82, 2.24) is 9.21 Å². The molecule has 150 valence electrons. The molecular formula is C20H30N2O4S. The Morgan fingerprint density at radius 2 is 1.78 bits per heavy atom. The van der Waals surface area contributed by atoms with E-state index in [1.165, 1.54) is 37.1 Å². The SMILES string of the molecule is CCOC(=O)c1ccc(S(=O)(=O)N2CCC(N3CCC[C@H](C)C3)CC2)cc1. The van der Waals surface area contributed by atoms with E-state index in [1.807, 2.05) is 0 Å². The predicted octanol–water partition coefficient (Wildman–Crippen LogP) is 2.75. The van der Waals surface area contributed by atoms with Gasteiger partial charge in [0.2, 0.25) is 10.0 Å². The number of nitrogens with zero attached hydrogens (tertiary/aromatic N) is 2. The van der Waals surface area contributed by atoms with Gasteiger partial charge in [-0.05, 0) is 69.3 Å². The zero-order chi connectivity index (χ0) is 19.4. The first-order valence-corrected chi connectivity index (χ1v) is 11.4. The van der Waals surface area contributed by atoms with Crippen molar-refractivity contribution in [2.75, 3.05) is 32.8 Å². The van der Waals surface area contributed by atoms with Crippen LogP contribution in [0.3, 0.4) is 0 Å². The Kier molecular flexibility index (Phi) is 6.55. The molecule has 2 saturated heterocycles. The summed E-state index contributed by atoms with van der Waals surface area (Å²) in [6.07, 6.45) is 4.30. The predicted molar refractivity (Wildman–Crippen MR) is 104 cm³/mol. The van der Waals surface area contributed by atoms with Gasteiger partial charge in [-0.15, -0.1) is 0 Å². The van der Waals surface area contributed by atoms with E-state index in [1.54, 1.807) is 11.2 Å². The summed E-state index contributed by atoms with van der Waals surface area (Å²) in [6.45, 7) is 7.71. The van der Waals surface area contributed by atoms with Gasteiger partial charge in [0.1, 0.15) is 0 Å². The summed E-state index contributed by atoms with van der Waals surface area (Å²) >= 11 is 0. The third-order valence-corrected chi connectivity index (χ3v) is 7.54. The lowest BCUT2D eigenvalue weighted by Crippen LogP contribution is -2.49. The van der Waals surface area contributed by atoms with Crippen LogP contribution in [0, 0.1) is 5.92 Å². The molecule has 0 N–H and O–H groups in total. The molecule has 6 nitrogen and oxygen atoms in total. The molecule has 2 aliphatic rings. The van der Waals surface area contributed by atoms with Crippen LogP contribution >= 0.6 is 0 Å². The summed E-state index contributed by atoms with van der Waals surface area (Å²) < 4.78 is 32.4. The molecule has 0 saturated carbocycles. The van der Waals surface area contributed by atoms with E-state index < -0.39 is 16.0 Å². The molecule has 0 aliphatic carbocycles. The normalized spacial score (nSPS) is 23.3. The third kappa shape index (κ3) is 4.70. The topological polar surface area (TPSA) is 66.9 Å². The lowest BCUT2D eigenvalue weighted by Gasteiger charge is -2.41. The standard InChI is InChI=1S/C20H30N2O4S/c1-3-26-20(23)17-6-8-19(9-7-17)27(24,25)22-13-10-18(11-14-22)21-12-4-5-16(2)15-21/h6-9,16,18H,3-5,10-15H2,1-2H3/t16-/m0/s1. The first-order chi connectivity index (χ1) is 12.9. The minimum absolute atomic E-state index is 0.237. The van der Waals surface area contributed by atoms with Crippen LogP contribution in [-0.2, 0) is 14.8 Å². The molecule has 1 aromatic carbocycles. The van der Waals surface area contributed by atoms with Gasteiger partial charge in [0.25, 0.3) is 0 Å². The third-order valence-electron chi connectivity index (χ3n) is 5.63. The molecule has 2 aliphatic heterocycles. The van der Waals surface area contributed by atoms with Crippen molar-refractivity contribution in [2.45, 2.75) is 50.5 Å². The van der Waals surface area contributed by atoms with Crippen LogP contribution in [0.5, 0.6) is 0 Å². The van der Waals surface area contributed by atoms with Crippen LogP contribution in [0.25, 0.3) is 0 Å². The monoisotopic (exact) mass is 394 g/mol. The molecule has 0 radical (unpaired) electrons. The van der Waals surface area contributed by atoms with E-state index in [-0.39, 0.29) is 4.90 Å². The van der Waals surface area contributed by atoms with E-state index in [9.17, 15) is 13.2 Å². The van der Waals surface area contributed by atoms with Crippen LogP contribution in [0.1, 0.15) is 49.9 Å². The van der Waals surface area contributed by atoms with Gasteiger partial charge in [0.05, 0.1) is 17.1 Å². The Balaban J connectivity index is 1.62. The van der Waals surface area contributed by atoms with Gasteiger partial charge in [-0.25, -0.2) is 13.2 Å². The second-order valence-electron chi connectivity index (χ2n) is 7.62. The Labute approximate surface area is 162 Å². The maximum absolute atomic E-state index is 12.9. The quantitative estimate of drug-likeness (QED) is 0.719. The summed E-state index contributed by atoms with van der Waals surface area (Å²) in [7, 11) is -3.52. The maximum Gasteiger partial charge on any atom is 0.338 e. The molecule has 2 fully saturated rings. The van der Waals surface area contributed by atoms with Crippen molar-refractivity contribution in [2.24, 2.45) is 5.92 Å². The Morgan fingerprint density at radius 1 is 1.11 bits per heavy atom. The summed E-state index contributed by atoms with van der Waals surface area (Å²) in [4.78, 5) is 14.5. The van der Waals surface area contributed by atoms with Gasteiger partial charge in [-0.3, -0.25) is 0 Å². The van der Waals surface area contributed by atoms with Crippen molar-refractivity contribution in [3.05, 3.63) is 29.8 Å². The number of hydrogen-bond acceptors (Lipinski definition) is 5. The van der Waals surface area contributed by atoms with Gasteiger partial charge in [-0.1, -0.05) is 6.92 Å². The van der Waals surface area contributed by atoms with E-state index in [4.69, 9.17) is 4.74 Å². The molecule has 0 bridgehead atoms. The maximum atomic E-state index is 12.9. The second kappa shape index (κ2) is 8.71. The lowest BCUT2D eigenvalue weighted by molar-refractivity contribution is 0.0526. The van der Waals surface area contributed by atoms with Gasteiger partial charge >= 0.3 is 5.97 Å². The zero-order valence-electron chi connectivity index (χ0n) is 16.3. The van der Waals surface area contributed by atoms with Crippen LogP contribution in [0.15, 0.2) is 29.2 Å². The highest BCUT2D eigenvalue weighted by Crippen LogP contribution is 2.26. The first-order valence-electron chi connectivity index (χ1n) is 9.93. The molecule has 0 spiro atoms. The van der Waals surface area contributed by atoms with Crippen LogP contribution in [0.4, 0.5) is 0 Å². The largest absolute Gasteiger partial charge is 0.462 e. The molecule has 3 rings (SSSR count). The van der Waals surface area contributed by atoms with E-state index in [0.717, 1.165) is 31.8 Å². The molecule has 1 aromatic rings. The van der Waals surface area contributed by atoms with Crippen LogP contribution in [0.2, 0.25) is 0 Å². The first kappa shape index (κ1) is 20.3. The number of rotatable bonds is 5. The number of benzene rings is 1. The molecular weight excluding hydrogens is 364 g/mol. The van der Waals surface area contributed by atoms with E-state index in [2.05, 4.69) is 11.8 Å². The van der Waals surface area contributed by atoms with Crippen molar-refractivity contribution in [3.8, 4) is 0 Å². The molecule has 27 heavy (non-hydrogen) atoms. The smallest absolute Gasteiger partial charge is 0.338 e. The van der Waals surface area contributed by atoms with Crippen molar-refractivity contribution in [3.63, 3.8) is 0 Å². The zero-order valence-corrected chi connectivity index (χ0v) is 17.1. The fourth-order valence-electron chi connectivity index (χ4n) is 4.13. The van der Waals surface area contributed by atoms with E-state index >= 15 is 0 Å². The molecule has 7 heteroatoms. The summed E-state index contributed by atoms with van der Waals surface area (Å²) in [5.74, 6) is 0.302. The van der Waals surface area contributed by atoms with Crippen molar-refractivity contribution >= 4 is 16.0 Å². The lowest BCUT2D eigenvalue weighted by atomic mass is 9.96. The Hall–Kier alpha value is -1.44. The van der Waals surface area contributed by atoms with Crippen molar-refractivity contribution < 1.29 is 17.9 Å².